The van der Waals surface area contributed by atoms with Gasteiger partial charge in [0.25, 0.3) is 0 Å². The Morgan fingerprint density at radius 3 is 2.64 bits per heavy atom. The van der Waals surface area contributed by atoms with Gasteiger partial charge in [0.2, 0.25) is 0 Å². The third kappa shape index (κ3) is 3.61. The van der Waals surface area contributed by atoms with Gasteiger partial charge in [-0.2, -0.15) is 0 Å². The highest BCUT2D eigenvalue weighted by Gasteiger charge is 2.27. The first-order valence-electron chi connectivity index (χ1n) is 6.51. The van der Waals surface area contributed by atoms with E-state index in [0.717, 1.165) is 17.9 Å². The predicted octanol–water partition coefficient (Wildman–Crippen LogP) is 3.59. The van der Waals surface area contributed by atoms with Gasteiger partial charge in [-0.25, -0.2) is 0 Å². The van der Waals surface area contributed by atoms with E-state index in [2.05, 4.69) is 26.1 Å². The third-order valence-electron chi connectivity index (χ3n) is 3.70. The molecular weight excluding hydrogens is 170 g/mol. The summed E-state index contributed by atoms with van der Waals surface area (Å²) in [4.78, 5) is 0. The van der Waals surface area contributed by atoms with E-state index in [0.29, 0.717) is 0 Å². The molecule has 1 N–H and O–H groups in total. The van der Waals surface area contributed by atoms with Crippen molar-refractivity contribution in [2.45, 2.75) is 65.3 Å². The van der Waals surface area contributed by atoms with Gasteiger partial charge in [-0.1, -0.05) is 33.6 Å². The largest absolute Gasteiger partial charge is 0.314 e. The molecule has 0 aromatic rings. The minimum Gasteiger partial charge on any atom is -0.314 e. The Morgan fingerprint density at radius 1 is 1.21 bits per heavy atom. The summed E-state index contributed by atoms with van der Waals surface area (Å²) in [5.74, 6) is 1.96. The van der Waals surface area contributed by atoms with Crippen LogP contribution in [-0.4, -0.2) is 12.6 Å². The molecule has 84 valence electrons. The standard InChI is InChI=1S/C13H27N/c1-4-6-11(3)12-7-8-13(10-12)14-9-5-2/h11-14H,4-10H2,1-3H3. The van der Waals surface area contributed by atoms with Gasteiger partial charge in [-0.15, -0.1) is 0 Å². The summed E-state index contributed by atoms with van der Waals surface area (Å²) in [6, 6.07) is 0.833. The van der Waals surface area contributed by atoms with Crippen LogP contribution in [0.4, 0.5) is 0 Å². The van der Waals surface area contributed by atoms with E-state index in [9.17, 15) is 0 Å². The topological polar surface area (TPSA) is 12.0 Å². The van der Waals surface area contributed by atoms with Crippen LogP contribution < -0.4 is 5.32 Å². The second-order valence-corrected chi connectivity index (χ2v) is 4.99. The molecule has 3 atom stereocenters. The predicted molar refractivity (Wildman–Crippen MR) is 63.5 cm³/mol. The van der Waals surface area contributed by atoms with Gasteiger partial charge in [0.05, 0.1) is 0 Å². The molecular formula is C13H27N. The SMILES string of the molecule is CCCNC1CCC(C(C)CCC)C1. The minimum atomic E-state index is 0.833. The van der Waals surface area contributed by atoms with E-state index in [1.165, 1.54) is 45.1 Å². The molecule has 14 heavy (non-hydrogen) atoms. The highest BCUT2D eigenvalue weighted by atomic mass is 14.9. The van der Waals surface area contributed by atoms with Crippen LogP contribution in [-0.2, 0) is 0 Å². The molecule has 1 fully saturated rings. The van der Waals surface area contributed by atoms with Crippen molar-refractivity contribution in [1.82, 2.24) is 5.32 Å². The van der Waals surface area contributed by atoms with Crippen molar-refractivity contribution in [3.8, 4) is 0 Å². The maximum atomic E-state index is 3.66. The van der Waals surface area contributed by atoms with Crippen LogP contribution in [0.5, 0.6) is 0 Å². The molecule has 1 nitrogen and oxygen atoms in total. The van der Waals surface area contributed by atoms with Crippen molar-refractivity contribution in [3.05, 3.63) is 0 Å². The lowest BCUT2D eigenvalue weighted by atomic mass is 9.89. The van der Waals surface area contributed by atoms with Gasteiger partial charge in [0.15, 0.2) is 0 Å². The summed E-state index contributed by atoms with van der Waals surface area (Å²) in [5.41, 5.74) is 0. The lowest BCUT2D eigenvalue weighted by Crippen LogP contribution is -2.27. The average molecular weight is 197 g/mol. The molecule has 0 bridgehead atoms. The zero-order chi connectivity index (χ0) is 10.4. The van der Waals surface area contributed by atoms with Crippen molar-refractivity contribution < 1.29 is 0 Å². The molecule has 0 aliphatic heterocycles. The Morgan fingerprint density at radius 2 is 2.00 bits per heavy atom. The Labute approximate surface area is 89.7 Å². The smallest absolute Gasteiger partial charge is 0.00699 e. The van der Waals surface area contributed by atoms with Crippen molar-refractivity contribution in [3.63, 3.8) is 0 Å². The number of nitrogens with one attached hydrogen (secondary N) is 1. The van der Waals surface area contributed by atoms with Crippen molar-refractivity contribution in [1.29, 1.82) is 0 Å². The summed E-state index contributed by atoms with van der Waals surface area (Å²) in [6.45, 7) is 8.20. The molecule has 1 aliphatic rings. The van der Waals surface area contributed by atoms with E-state index in [1.807, 2.05) is 0 Å². The zero-order valence-electron chi connectivity index (χ0n) is 10.2. The zero-order valence-corrected chi connectivity index (χ0v) is 10.2. The van der Waals surface area contributed by atoms with Gasteiger partial charge in [0, 0.05) is 6.04 Å². The Bertz CT molecular complexity index is 144. The van der Waals surface area contributed by atoms with Crippen LogP contribution in [0, 0.1) is 11.8 Å². The average Bonchev–Trinajstić information content (AvgIpc) is 2.63. The third-order valence-corrected chi connectivity index (χ3v) is 3.70. The van der Waals surface area contributed by atoms with Crippen LogP contribution in [0.2, 0.25) is 0 Å². The van der Waals surface area contributed by atoms with Gasteiger partial charge < -0.3 is 5.32 Å². The molecule has 1 rings (SSSR count). The second-order valence-electron chi connectivity index (χ2n) is 4.99. The van der Waals surface area contributed by atoms with Crippen LogP contribution in [0.3, 0.4) is 0 Å². The number of hydrogen-bond donors (Lipinski definition) is 1. The molecule has 0 aromatic carbocycles. The van der Waals surface area contributed by atoms with E-state index < -0.39 is 0 Å². The maximum absolute atomic E-state index is 3.66. The van der Waals surface area contributed by atoms with Crippen molar-refractivity contribution in [2.24, 2.45) is 11.8 Å². The molecule has 0 aromatic heterocycles. The normalized spacial score (nSPS) is 29.4. The summed E-state index contributed by atoms with van der Waals surface area (Å²) in [7, 11) is 0. The second kappa shape index (κ2) is 6.44. The van der Waals surface area contributed by atoms with Crippen molar-refractivity contribution >= 4 is 0 Å². The fourth-order valence-electron chi connectivity index (χ4n) is 2.76. The van der Waals surface area contributed by atoms with Gasteiger partial charge in [-0.3, -0.25) is 0 Å². The first kappa shape index (κ1) is 12.0. The maximum Gasteiger partial charge on any atom is 0.00699 e. The Kier molecular flexibility index (Phi) is 5.54. The highest BCUT2D eigenvalue weighted by Crippen LogP contribution is 2.33. The first-order chi connectivity index (χ1) is 6.77. The van der Waals surface area contributed by atoms with Crippen LogP contribution >= 0.6 is 0 Å². The quantitative estimate of drug-likeness (QED) is 0.686. The lowest BCUT2D eigenvalue weighted by molar-refractivity contribution is 0.334. The van der Waals surface area contributed by atoms with Crippen molar-refractivity contribution in [2.75, 3.05) is 6.54 Å². The Hall–Kier alpha value is -0.0400. The molecule has 1 heteroatoms. The number of hydrogen-bond acceptors (Lipinski definition) is 1. The molecule has 0 radical (unpaired) electrons. The van der Waals surface area contributed by atoms with Crippen LogP contribution in [0.1, 0.15) is 59.3 Å². The number of rotatable bonds is 6. The molecule has 0 heterocycles. The minimum absolute atomic E-state index is 0.833. The highest BCUT2D eigenvalue weighted by molar-refractivity contribution is 4.82. The van der Waals surface area contributed by atoms with E-state index >= 15 is 0 Å². The molecule has 0 spiro atoms. The summed E-state index contributed by atoms with van der Waals surface area (Å²) >= 11 is 0. The molecule has 0 amide bonds. The monoisotopic (exact) mass is 197 g/mol. The van der Waals surface area contributed by atoms with Gasteiger partial charge in [0.1, 0.15) is 0 Å². The fraction of sp³-hybridized carbons (Fsp3) is 1.00. The van der Waals surface area contributed by atoms with Crippen LogP contribution in [0.25, 0.3) is 0 Å². The van der Waals surface area contributed by atoms with E-state index in [-0.39, 0.29) is 0 Å². The summed E-state index contributed by atoms with van der Waals surface area (Å²) < 4.78 is 0. The summed E-state index contributed by atoms with van der Waals surface area (Å²) in [6.07, 6.45) is 8.35. The van der Waals surface area contributed by atoms with Gasteiger partial charge in [-0.05, 0) is 44.1 Å². The van der Waals surface area contributed by atoms with Gasteiger partial charge >= 0.3 is 0 Å². The van der Waals surface area contributed by atoms with E-state index in [4.69, 9.17) is 0 Å². The molecule has 3 unspecified atom stereocenters. The molecule has 0 saturated heterocycles. The first-order valence-corrected chi connectivity index (χ1v) is 6.51. The lowest BCUT2D eigenvalue weighted by Gasteiger charge is -2.18. The fourth-order valence-corrected chi connectivity index (χ4v) is 2.76. The Balaban J connectivity index is 2.19. The summed E-state index contributed by atoms with van der Waals surface area (Å²) in [5, 5.41) is 3.66. The van der Waals surface area contributed by atoms with Crippen LogP contribution in [0.15, 0.2) is 0 Å². The molecule has 1 aliphatic carbocycles. The molecule has 1 saturated carbocycles. The van der Waals surface area contributed by atoms with E-state index in [1.54, 1.807) is 0 Å².